The van der Waals surface area contributed by atoms with Crippen LogP contribution in [0.3, 0.4) is 0 Å². The lowest BCUT2D eigenvalue weighted by Gasteiger charge is -2.17. The van der Waals surface area contributed by atoms with Gasteiger partial charge in [-0.2, -0.15) is 22.7 Å². The molecule has 2 aliphatic heterocycles. The number of rotatable bonds is 3. The summed E-state index contributed by atoms with van der Waals surface area (Å²) in [7, 11) is 0. The van der Waals surface area contributed by atoms with Crippen LogP contribution in [0.1, 0.15) is 22.6 Å². The first-order valence-electron chi connectivity index (χ1n) is 10.4. The number of carbonyl (C=O) groups excluding carboxylic acids is 1. The van der Waals surface area contributed by atoms with E-state index in [9.17, 15) is 31.1 Å². The summed E-state index contributed by atoms with van der Waals surface area (Å²) in [5.41, 5.74) is 0.0446. The van der Waals surface area contributed by atoms with E-state index in [4.69, 9.17) is 11.6 Å². The molecule has 2 heterocycles. The van der Waals surface area contributed by atoms with Crippen LogP contribution in [0, 0.1) is 11.6 Å². The van der Waals surface area contributed by atoms with E-state index in [1.54, 1.807) is 0 Å². The molecule has 2 aliphatic rings. The van der Waals surface area contributed by atoms with E-state index in [-0.39, 0.29) is 12.2 Å². The molecule has 5 rings (SSSR count). The third-order valence-electron chi connectivity index (χ3n) is 5.79. The zero-order valence-corrected chi connectivity index (χ0v) is 18.7. The number of hydrogen-bond donors (Lipinski definition) is 1. The Labute approximate surface area is 204 Å². The molecule has 36 heavy (non-hydrogen) atoms. The van der Waals surface area contributed by atoms with Crippen molar-refractivity contribution in [3.63, 3.8) is 0 Å². The molecule has 3 aromatic carbocycles. The van der Waals surface area contributed by atoms with E-state index in [0.29, 0.717) is 22.9 Å². The van der Waals surface area contributed by atoms with Gasteiger partial charge in [-0.25, -0.2) is 18.6 Å². The molecule has 0 saturated carbocycles. The van der Waals surface area contributed by atoms with Crippen LogP contribution in [0.5, 0.6) is 5.75 Å². The standard InChI is InChI=1S/C24H14ClF6N3O2/c25-19-10-16(9-18-21(19)36-24(30,31)23(18,28)29)32-22(35)34-11-17(12-1-5-14(26)6-2-12)20(33-34)13-3-7-15(27)8-4-13/h1-10,17H,11H2,(H,32,35). The number of nitrogens with zero attached hydrogens (tertiary/aromatic N) is 2. The third kappa shape index (κ3) is 4.02. The fourth-order valence-electron chi connectivity index (χ4n) is 4.01. The minimum atomic E-state index is -4.80. The van der Waals surface area contributed by atoms with Crippen LogP contribution in [-0.4, -0.2) is 29.4 Å². The van der Waals surface area contributed by atoms with Gasteiger partial charge in [0.05, 0.1) is 22.8 Å². The lowest BCUT2D eigenvalue weighted by molar-refractivity contribution is -0.296. The van der Waals surface area contributed by atoms with Crippen LogP contribution < -0.4 is 10.1 Å². The molecule has 5 nitrogen and oxygen atoms in total. The van der Waals surface area contributed by atoms with Gasteiger partial charge in [-0.3, -0.25) is 0 Å². The van der Waals surface area contributed by atoms with E-state index in [0.717, 1.165) is 11.1 Å². The van der Waals surface area contributed by atoms with Gasteiger partial charge in [-0.1, -0.05) is 35.9 Å². The van der Waals surface area contributed by atoms with Crippen LogP contribution in [0.15, 0.2) is 65.8 Å². The number of halogens is 7. The van der Waals surface area contributed by atoms with Crippen molar-refractivity contribution in [2.45, 2.75) is 17.9 Å². The average Bonchev–Trinajstić information content (AvgIpc) is 3.33. The quantitative estimate of drug-likeness (QED) is 0.385. The summed E-state index contributed by atoms with van der Waals surface area (Å²) in [4.78, 5) is 13.0. The number of urea groups is 1. The molecule has 186 valence electrons. The highest BCUT2D eigenvalue weighted by atomic mass is 35.5. The van der Waals surface area contributed by atoms with E-state index in [1.807, 2.05) is 0 Å². The highest BCUT2D eigenvalue weighted by molar-refractivity contribution is 6.32. The fourth-order valence-corrected chi connectivity index (χ4v) is 4.26. The molecule has 0 aromatic heterocycles. The van der Waals surface area contributed by atoms with Gasteiger partial charge >= 0.3 is 18.1 Å². The second-order valence-corrected chi connectivity index (χ2v) is 8.54. The maximum absolute atomic E-state index is 14.1. The maximum atomic E-state index is 14.1. The van der Waals surface area contributed by atoms with Gasteiger partial charge in [0.15, 0.2) is 5.75 Å². The Hall–Kier alpha value is -3.73. The molecule has 2 amide bonds. The summed E-state index contributed by atoms with van der Waals surface area (Å²) in [6.45, 7) is -0.0276. The highest BCUT2D eigenvalue weighted by Gasteiger charge is 2.67. The number of hydrazone groups is 1. The van der Waals surface area contributed by atoms with Crippen molar-refractivity contribution in [2.24, 2.45) is 5.10 Å². The van der Waals surface area contributed by atoms with Crippen molar-refractivity contribution >= 4 is 29.0 Å². The minimum absolute atomic E-state index is 0.0276. The number of anilines is 1. The van der Waals surface area contributed by atoms with Gasteiger partial charge in [0, 0.05) is 11.6 Å². The number of hydrogen-bond acceptors (Lipinski definition) is 3. The smallest absolute Gasteiger partial charge is 0.426 e. The van der Waals surface area contributed by atoms with Gasteiger partial charge in [-0.15, -0.1) is 0 Å². The predicted octanol–water partition coefficient (Wildman–Crippen LogP) is 6.73. The third-order valence-corrected chi connectivity index (χ3v) is 6.07. The van der Waals surface area contributed by atoms with E-state index in [1.165, 1.54) is 48.5 Å². The molecule has 0 saturated heterocycles. The monoisotopic (exact) mass is 525 g/mol. The summed E-state index contributed by atoms with van der Waals surface area (Å²) >= 11 is 5.86. The van der Waals surface area contributed by atoms with Gasteiger partial charge in [-0.05, 0) is 47.5 Å². The van der Waals surface area contributed by atoms with Crippen molar-refractivity contribution in [3.8, 4) is 5.75 Å². The van der Waals surface area contributed by atoms with Crippen molar-refractivity contribution in [1.29, 1.82) is 0 Å². The number of carbonyl (C=O) groups is 1. The van der Waals surface area contributed by atoms with Gasteiger partial charge in [0.25, 0.3) is 0 Å². The molecule has 0 radical (unpaired) electrons. The number of fused-ring (bicyclic) bond motifs is 1. The average molecular weight is 526 g/mol. The lowest BCUT2D eigenvalue weighted by atomic mass is 9.90. The normalized spacial score (nSPS) is 19.5. The van der Waals surface area contributed by atoms with Gasteiger partial charge in [0.1, 0.15) is 11.6 Å². The molecule has 0 fully saturated rings. The minimum Gasteiger partial charge on any atom is -0.426 e. The first-order valence-corrected chi connectivity index (χ1v) is 10.8. The summed E-state index contributed by atoms with van der Waals surface area (Å²) in [6, 6.07) is 11.7. The maximum Gasteiger partial charge on any atom is 0.469 e. The van der Waals surface area contributed by atoms with Crippen LogP contribution in [-0.2, 0) is 5.92 Å². The van der Waals surface area contributed by atoms with Gasteiger partial charge < -0.3 is 10.1 Å². The molecule has 0 spiro atoms. The van der Waals surface area contributed by atoms with Crippen molar-refractivity contribution in [3.05, 3.63) is 94.0 Å². The largest absolute Gasteiger partial charge is 0.469 e. The number of alkyl halides is 4. The second-order valence-electron chi connectivity index (χ2n) is 8.14. The summed E-state index contributed by atoms with van der Waals surface area (Å²) < 4.78 is 86.4. The Morgan fingerprint density at radius 1 is 1.00 bits per heavy atom. The molecule has 1 N–H and O–H groups in total. The van der Waals surface area contributed by atoms with Gasteiger partial charge in [0.2, 0.25) is 0 Å². The first-order chi connectivity index (χ1) is 17.0. The predicted molar refractivity (Wildman–Crippen MR) is 119 cm³/mol. The molecular weight excluding hydrogens is 512 g/mol. The Kier molecular flexibility index (Phi) is 5.62. The molecule has 0 aliphatic carbocycles. The Morgan fingerprint density at radius 3 is 2.25 bits per heavy atom. The zero-order valence-electron chi connectivity index (χ0n) is 17.9. The number of ether oxygens (including phenoxy) is 1. The van der Waals surface area contributed by atoms with E-state index < -0.39 is 52.0 Å². The van der Waals surface area contributed by atoms with Crippen LogP contribution in [0.4, 0.5) is 36.8 Å². The number of amides is 2. The van der Waals surface area contributed by atoms with Crippen LogP contribution >= 0.6 is 11.6 Å². The summed E-state index contributed by atoms with van der Waals surface area (Å²) in [6.07, 6.45) is -4.80. The number of benzene rings is 3. The van der Waals surface area contributed by atoms with E-state index in [2.05, 4.69) is 15.2 Å². The molecule has 12 heteroatoms. The fraction of sp³-hybridized carbons (Fsp3) is 0.167. The number of nitrogens with one attached hydrogen (secondary N) is 1. The van der Waals surface area contributed by atoms with Crippen LogP contribution in [0.25, 0.3) is 0 Å². The molecule has 3 aromatic rings. The van der Waals surface area contributed by atoms with Crippen molar-refractivity contribution in [2.75, 3.05) is 11.9 Å². The molecular formula is C24H14ClF6N3O2. The van der Waals surface area contributed by atoms with Crippen LogP contribution in [0.2, 0.25) is 5.02 Å². The highest BCUT2D eigenvalue weighted by Crippen LogP contribution is 2.56. The SMILES string of the molecule is O=C(Nc1cc(Cl)c2c(c1)C(F)(F)C(F)(F)O2)N1CC(c2ccc(F)cc2)C(c2ccc(F)cc2)=N1. The van der Waals surface area contributed by atoms with Crippen molar-refractivity contribution < 1.29 is 35.9 Å². The molecule has 0 bridgehead atoms. The first kappa shape index (κ1) is 24.0. The Morgan fingerprint density at radius 2 is 1.61 bits per heavy atom. The lowest BCUT2D eigenvalue weighted by Crippen LogP contribution is -2.37. The molecule has 1 unspecified atom stereocenters. The summed E-state index contributed by atoms with van der Waals surface area (Å²) in [5, 5.41) is 7.09. The van der Waals surface area contributed by atoms with E-state index >= 15 is 0 Å². The van der Waals surface area contributed by atoms with Crippen molar-refractivity contribution in [1.82, 2.24) is 5.01 Å². The zero-order chi connectivity index (χ0) is 25.8. The summed E-state index contributed by atoms with van der Waals surface area (Å²) in [5.74, 6) is -7.01. The Balaban J connectivity index is 1.45. The molecule has 1 atom stereocenters. The topological polar surface area (TPSA) is 53.9 Å². The Bertz CT molecular complexity index is 1380. The second kappa shape index (κ2) is 8.44.